The van der Waals surface area contributed by atoms with Gasteiger partial charge >= 0.3 is 5.97 Å². The van der Waals surface area contributed by atoms with Crippen LogP contribution in [-0.2, 0) is 26.1 Å². The first-order valence-corrected chi connectivity index (χ1v) is 10.2. The molecule has 1 aliphatic heterocycles. The molecule has 0 atom stereocenters. The van der Waals surface area contributed by atoms with E-state index in [9.17, 15) is 18.3 Å². The van der Waals surface area contributed by atoms with Crippen molar-refractivity contribution >= 4 is 21.8 Å². The molecular weight excluding hydrogens is 414 g/mol. The van der Waals surface area contributed by atoms with Gasteiger partial charge in [0.15, 0.2) is 23.0 Å². The van der Waals surface area contributed by atoms with Crippen LogP contribution in [0, 0.1) is 0 Å². The quantitative estimate of drug-likeness (QED) is 0.688. The molecule has 3 rings (SSSR count). The molecule has 0 radical (unpaired) electrons. The number of hydrogen-bond donors (Lipinski definition) is 1. The first-order valence-electron chi connectivity index (χ1n) is 8.72. The van der Waals surface area contributed by atoms with Crippen LogP contribution in [0.4, 0.5) is 0 Å². The monoisotopic (exact) mass is 435 g/mol. The van der Waals surface area contributed by atoms with Gasteiger partial charge in [0.25, 0.3) is 10.0 Å². The Hall–Kier alpha value is -3.40. The van der Waals surface area contributed by atoms with Gasteiger partial charge in [-0.05, 0) is 29.8 Å². The second-order valence-corrected chi connectivity index (χ2v) is 8.06. The molecule has 0 fully saturated rings. The van der Waals surface area contributed by atoms with Crippen LogP contribution >= 0.6 is 0 Å². The van der Waals surface area contributed by atoms with Gasteiger partial charge < -0.3 is 24.1 Å². The summed E-state index contributed by atoms with van der Waals surface area (Å²) in [5.74, 6) is -0.510. The average molecular weight is 435 g/mol. The third kappa shape index (κ3) is 3.39. The number of hydrogen-bond acceptors (Lipinski definition) is 8. The first-order chi connectivity index (χ1) is 14.3. The van der Waals surface area contributed by atoms with Crippen LogP contribution in [0.25, 0.3) is 5.76 Å². The summed E-state index contributed by atoms with van der Waals surface area (Å²) in [7, 11) is 1.24. The van der Waals surface area contributed by atoms with E-state index in [4.69, 9.17) is 18.9 Å². The van der Waals surface area contributed by atoms with Gasteiger partial charge in [-0.2, -0.15) is 0 Å². The Morgan fingerprint density at radius 3 is 2.13 bits per heavy atom. The summed E-state index contributed by atoms with van der Waals surface area (Å²) in [5, 5.41) is 10.7. The molecule has 160 valence electrons. The summed E-state index contributed by atoms with van der Waals surface area (Å²) in [4.78, 5) is 12.3. The lowest BCUT2D eigenvalue weighted by atomic mass is 10.1. The Labute approximate surface area is 174 Å². The first kappa shape index (κ1) is 21.3. The van der Waals surface area contributed by atoms with Gasteiger partial charge in [0, 0.05) is 5.56 Å². The number of fused-ring (bicyclic) bond motifs is 1. The molecule has 0 bridgehead atoms. The highest BCUT2D eigenvalue weighted by Crippen LogP contribution is 2.41. The van der Waals surface area contributed by atoms with Crippen molar-refractivity contribution in [3.8, 4) is 17.2 Å². The van der Waals surface area contributed by atoms with Crippen LogP contribution in [0.15, 0.2) is 47.0 Å². The molecule has 1 N–H and O–H groups in total. The standard InChI is InChI=1S/C20H21NO8S/c1-26-14-9-12(10-15(27-2)19(14)28-3)11-21-17(20(23)29-4)18(22)13-7-5-6-8-16(13)30(21,24)25/h5-10,22H,11H2,1-4H3. The maximum absolute atomic E-state index is 13.3. The van der Waals surface area contributed by atoms with E-state index >= 15 is 0 Å². The fraction of sp³-hybridized carbons (Fsp3) is 0.250. The molecular formula is C20H21NO8S. The van der Waals surface area contributed by atoms with Crippen molar-refractivity contribution in [2.24, 2.45) is 0 Å². The molecule has 30 heavy (non-hydrogen) atoms. The van der Waals surface area contributed by atoms with E-state index in [0.717, 1.165) is 11.4 Å². The number of aliphatic hydroxyl groups is 1. The molecule has 10 heteroatoms. The van der Waals surface area contributed by atoms with Crippen molar-refractivity contribution < 1.29 is 37.3 Å². The van der Waals surface area contributed by atoms with Gasteiger partial charge in [0.1, 0.15) is 0 Å². The van der Waals surface area contributed by atoms with Crippen molar-refractivity contribution in [3.63, 3.8) is 0 Å². The number of benzene rings is 2. The number of ether oxygens (including phenoxy) is 4. The number of nitrogens with zero attached hydrogens (tertiary/aromatic N) is 1. The van der Waals surface area contributed by atoms with Gasteiger partial charge in [0.2, 0.25) is 5.75 Å². The molecule has 2 aromatic rings. The zero-order valence-corrected chi connectivity index (χ0v) is 17.6. The van der Waals surface area contributed by atoms with E-state index in [1.807, 2.05) is 0 Å². The largest absolute Gasteiger partial charge is 0.505 e. The number of carbonyl (C=O) groups is 1. The highest BCUT2D eigenvalue weighted by Gasteiger charge is 2.40. The lowest BCUT2D eigenvalue weighted by molar-refractivity contribution is -0.137. The van der Waals surface area contributed by atoms with Crippen LogP contribution in [-0.4, -0.2) is 52.2 Å². The minimum Gasteiger partial charge on any atom is -0.505 e. The van der Waals surface area contributed by atoms with Gasteiger partial charge in [-0.25, -0.2) is 13.2 Å². The molecule has 0 saturated heterocycles. The molecule has 9 nitrogen and oxygen atoms in total. The summed E-state index contributed by atoms with van der Waals surface area (Å²) in [6, 6.07) is 8.99. The Morgan fingerprint density at radius 2 is 1.60 bits per heavy atom. The van der Waals surface area contributed by atoms with Crippen LogP contribution in [0.3, 0.4) is 0 Å². The van der Waals surface area contributed by atoms with Gasteiger partial charge in [-0.1, -0.05) is 12.1 Å². The van der Waals surface area contributed by atoms with Crippen LogP contribution < -0.4 is 14.2 Å². The third-order valence-electron chi connectivity index (χ3n) is 4.61. The zero-order valence-electron chi connectivity index (χ0n) is 16.8. The van der Waals surface area contributed by atoms with E-state index in [1.165, 1.54) is 39.5 Å². The van der Waals surface area contributed by atoms with E-state index < -0.39 is 27.4 Å². The normalized spacial score (nSPS) is 14.7. The van der Waals surface area contributed by atoms with E-state index in [-0.39, 0.29) is 17.0 Å². The van der Waals surface area contributed by atoms with Gasteiger partial charge in [-0.3, -0.25) is 4.31 Å². The number of sulfonamides is 1. The van der Waals surface area contributed by atoms with Crippen molar-refractivity contribution in [2.45, 2.75) is 11.4 Å². The van der Waals surface area contributed by atoms with Crippen LogP contribution in [0.1, 0.15) is 11.1 Å². The maximum Gasteiger partial charge on any atom is 0.359 e. The average Bonchev–Trinajstić information content (AvgIpc) is 2.76. The molecule has 0 spiro atoms. The summed E-state index contributed by atoms with van der Waals surface area (Å²) < 4.78 is 48.0. The molecule has 1 heterocycles. The van der Waals surface area contributed by atoms with Gasteiger partial charge in [-0.15, -0.1) is 0 Å². The molecule has 0 unspecified atom stereocenters. The van der Waals surface area contributed by atoms with Crippen LogP contribution in [0.5, 0.6) is 17.2 Å². The number of rotatable bonds is 6. The maximum atomic E-state index is 13.3. The van der Waals surface area contributed by atoms with Crippen molar-refractivity contribution in [3.05, 3.63) is 53.2 Å². The summed E-state index contributed by atoms with van der Waals surface area (Å²) in [6.45, 7) is -0.290. The van der Waals surface area contributed by atoms with E-state index in [0.29, 0.717) is 22.8 Å². The highest BCUT2D eigenvalue weighted by atomic mass is 32.2. The Bertz CT molecular complexity index is 1100. The zero-order chi connectivity index (χ0) is 22.1. The number of carbonyl (C=O) groups excluding carboxylic acids is 1. The second kappa shape index (κ2) is 8.15. The Balaban J connectivity index is 2.20. The number of methoxy groups -OCH3 is 4. The highest BCUT2D eigenvalue weighted by molar-refractivity contribution is 7.89. The van der Waals surface area contributed by atoms with Crippen molar-refractivity contribution in [1.82, 2.24) is 4.31 Å². The Kier molecular flexibility index (Phi) is 5.79. The molecule has 1 aliphatic rings. The topological polar surface area (TPSA) is 112 Å². The number of aliphatic hydroxyl groups excluding tert-OH is 1. The lowest BCUT2D eigenvalue weighted by Crippen LogP contribution is -2.38. The predicted molar refractivity (Wildman–Crippen MR) is 107 cm³/mol. The smallest absolute Gasteiger partial charge is 0.359 e. The minimum atomic E-state index is -4.17. The predicted octanol–water partition coefficient (Wildman–Crippen LogP) is 2.32. The third-order valence-corrected chi connectivity index (χ3v) is 6.42. The SMILES string of the molecule is COC(=O)C1=C(O)c2ccccc2S(=O)(=O)N1Cc1cc(OC)c(OC)c(OC)c1. The lowest BCUT2D eigenvalue weighted by Gasteiger charge is -2.31. The van der Waals surface area contributed by atoms with Crippen LogP contribution in [0.2, 0.25) is 0 Å². The van der Waals surface area contributed by atoms with E-state index in [2.05, 4.69) is 0 Å². The molecule has 0 aromatic heterocycles. The molecule has 2 aromatic carbocycles. The fourth-order valence-corrected chi connectivity index (χ4v) is 4.87. The van der Waals surface area contributed by atoms with Gasteiger partial charge in [0.05, 0.1) is 39.9 Å². The summed E-state index contributed by atoms with van der Waals surface area (Å²) in [6.07, 6.45) is 0. The molecule has 0 aliphatic carbocycles. The fourth-order valence-electron chi connectivity index (χ4n) is 3.22. The summed E-state index contributed by atoms with van der Waals surface area (Å²) in [5.41, 5.74) is -0.0225. The van der Waals surface area contributed by atoms with E-state index in [1.54, 1.807) is 18.2 Å². The summed E-state index contributed by atoms with van der Waals surface area (Å²) >= 11 is 0. The van der Waals surface area contributed by atoms with Crippen molar-refractivity contribution in [1.29, 1.82) is 0 Å². The Morgan fingerprint density at radius 1 is 1.00 bits per heavy atom. The second-order valence-electron chi connectivity index (χ2n) is 6.23. The molecule has 0 saturated carbocycles. The number of esters is 1. The molecule has 0 amide bonds. The van der Waals surface area contributed by atoms with Crippen molar-refractivity contribution in [2.75, 3.05) is 28.4 Å². The minimum absolute atomic E-state index is 0.0269.